The largest absolute Gasteiger partial charge is 0.448 e. The highest BCUT2D eigenvalue weighted by atomic mass is 35.5. The first kappa shape index (κ1) is 25.8. The third kappa shape index (κ3) is 5.56. The molecule has 5 rings (SSSR count). The number of alkyl halides is 2. The van der Waals surface area contributed by atoms with Crippen molar-refractivity contribution in [3.05, 3.63) is 106 Å². The Balaban J connectivity index is 1.60. The minimum atomic E-state index is -3.25. The van der Waals surface area contributed by atoms with E-state index in [1.165, 1.54) is 30.8 Å². The molecule has 0 spiro atoms. The number of ether oxygens (including phenoxy) is 1. The minimum absolute atomic E-state index is 0.0629. The minimum Gasteiger partial charge on any atom is -0.448 e. The second kappa shape index (κ2) is 10.9. The average molecular weight is 550 g/mol. The SMILES string of the molecule is N#Cc1ccc(Cl)cc1-c1cc(=O)n(C(Cc2cnco2)C(=O)Cc2ccc3nccn3c2)cc1OC(F)F. The molecule has 1 unspecified atom stereocenters. The van der Waals surface area contributed by atoms with Crippen LogP contribution in [-0.4, -0.2) is 31.3 Å². The molecule has 0 aliphatic rings. The number of imidazole rings is 1. The Labute approximate surface area is 224 Å². The van der Waals surface area contributed by atoms with Gasteiger partial charge in [0.1, 0.15) is 23.2 Å². The van der Waals surface area contributed by atoms with E-state index >= 15 is 0 Å². The van der Waals surface area contributed by atoms with E-state index in [9.17, 15) is 23.6 Å². The van der Waals surface area contributed by atoms with Gasteiger partial charge in [-0.15, -0.1) is 0 Å². The lowest BCUT2D eigenvalue weighted by Gasteiger charge is -2.21. The number of hydrogen-bond acceptors (Lipinski definition) is 7. The lowest BCUT2D eigenvalue weighted by Crippen LogP contribution is -2.32. The van der Waals surface area contributed by atoms with Crippen LogP contribution in [0.4, 0.5) is 8.78 Å². The Morgan fingerprint density at radius 2 is 2.03 bits per heavy atom. The van der Waals surface area contributed by atoms with E-state index in [2.05, 4.69) is 9.97 Å². The van der Waals surface area contributed by atoms with Crippen molar-refractivity contribution >= 4 is 23.0 Å². The predicted molar refractivity (Wildman–Crippen MR) is 136 cm³/mol. The molecule has 1 atom stereocenters. The summed E-state index contributed by atoms with van der Waals surface area (Å²) in [6, 6.07) is 9.59. The molecule has 0 amide bonds. The molecular formula is C27H18ClF2N5O4. The number of ketones is 1. The standard InChI is InChI=1S/C27H18ClF2N5O4/c28-18-3-2-17(11-31)20(8-18)21-10-26(37)35(14-24(21)39-27(29)30)22(9-19-12-32-15-38-19)23(36)7-16-1-4-25-33-5-6-34(25)13-16/h1-6,8,10,12-15,22,27H,7,9H2. The van der Waals surface area contributed by atoms with E-state index in [1.54, 1.807) is 35.1 Å². The van der Waals surface area contributed by atoms with Gasteiger partial charge in [0.25, 0.3) is 5.56 Å². The quantitative estimate of drug-likeness (QED) is 0.257. The number of nitrogens with zero attached hydrogens (tertiary/aromatic N) is 5. The topological polar surface area (TPSA) is 115 Å². The van der Waals surface area contributed by atoms with Crippen LogP contribution < -0.4 is 10.3 Å². The van der Waals surface area contributed by atoms with E-state index in [4.69, 9.17) is 20.8 Å². The molecule has 0 fully saturated rings. The first-order valence-corrected chi connectivity index (χ1v) is 11.9. The van der Waals surface area contributed by atoms with Crippen LogP contribution in [0.3, 0.4) is 0 Å². The molecule has 5 aromatic rings. The van der Waals surface area contributed by atoms with Gasteiger partial charge in [0.2, 0.25) is 0 Å². The third-order valence-electron chi connectivity index (χ3n) is 6.07. The molecule has 0 bridgehead atoms. The number of halogens is 3. The second-order valence-electron chi connectivity index (χ2n) is 8.54. The van der Waals surface area contributed by atoms with Crippen LogP contribution in [0, 0.1) is 11.3 Å². The summed E-state index contributed by atoms with van der Waals surface area (Å²) in [5, 5.41) is 9.76. The van der Waals surface area contributed by atoms with Gasteiger partial charge in [-0.05, 0) is 29.8 Å². The fourth-order valence-electron chi connectivity index (χ4n) is 4.30. The lowest BCUT2D eigenvalue weighted by atomic mass is 9.98. The fourth-order valence-corrected chi connectivity index (χ4v) is 4.47. The predicted octanol–water partition coefficient (Wildman–Crippen LogP) is 4.87. The number of fused-ring (bicyclic) bond motifs is 1. The first-order valence-electron chi connectivity index (χ1n) is 11.5. The molecule has 0 saturated heterocycles. The van der Waals surface area contributed by atoms with Crippen LogP contribution in [0.15, 0.2) is 83.0 Å². The van der Waals surface area contributed by atoms with E-state index in [-0.39, 0.29) is 40.3 Å². The smallest absolute Gasteiger partial charge is 0.387 e. The van der Waals surface area contributed by atoms with E-state index in [0.29, 0.717) is 17.0 Å². The van der Waals surface area contributed by atoms with Crippen molar-refractivity contribution in [2.45, 2.75) is 25.5 Å². The van der Waals surface area contributed by atoms with Crippen molar-refractivity contribution in [2.24, 2.45) is 0 Å². The van der Waals surface area contributed by atoms with Crippen molar-refractivity contribution in [2.75, 3.05) is 0 Å². The molecule has 0 aliphatic heterocycles. The number of hydrogen-bond donors (Lipinski definition) is 0. The van der Waals surface area contributed by atoms with Crippen LogP contribution in [0.25, 0.3) is 16.8 Å². The third-order valence-corrected chi connectivity index (χ3v) is 6.30. The Bertz CT molecular complexity index is 1760. The molecule has 0 aliphatic carbocycles. The summed E-state index contributed by atoms with van der Waals surface area (Å²) in [7, 11) is 0. The number of oxazole rings is 1. The zero-order valence-electron chi connectivity index (χ0n) is 20.0. The van der Waals surface area contributed by atoms with Crippen molar-refractivity contribution in [1.29, 1.82) is 5.26 Å². The second-order valence-corrected chi connectivity index (χ2v) is 8.97. The molecule has 4 aromatic heterocycles. The molecule has 196 valence electrons. The number of nitriles is 1. The average Bonchev–Trinajstić information content (AvgIpc) is 3.60. The van der Waals surface area contributed by atoms with Gasteiger partial charge in [-0.1, -0.05) is 17.7 Å². The number of aromatic nitrogens is 4. The maximum absolute atomic E-state index is 13.6. The molecule has 9 nitrogen and oxygen atoms in total. The summed E-state index contributed by atoms with van der Waals surface area (Å²) < 4.78 is 39.8. The Morgan fingerprint density at radius 3 is 2.77 bits per heavy atom. The van der Waals surface area contributed by atoms with Crippen molar-refractivity contribution in [3.63, 3.8) is 0 Å². The Morgan fingerprint density at radius 1 is 1.18 bits per heavy atom. The number of carbonyl (C=O) groups is 1. The van der Waals surface area contributed by atoms with E-state index in [0.717, 1.165) is 16.8 Å². The molecule has 4 heterocycles. The molecule has 12 heteroatoms. The molecule has 1 aromatic carbocycles. The van der Waals surface area contributed by atoms with Gasteiger partial charge in [-0.25, -0.2) is 9.97 Å². The van der Waals surface area contributed by atoms with Gasteiger partial charge in [-0.2, -0.15) is 14.0 Å². The summed E-state index contributed by atoms with van der Waals surface area (Å²) in [6.07, 6.45) is 8.59. The highest BCUT2D eigenvalue weighted by molar-refractivity contribution is 6.31. The van der Waals surface area contributed by atoms with E-state index in [1.807, 2.05) is 6.07 Å². The number of pyridine rings is 2. The Kier molecular flexibility index (Phi) is 7.21. The number of carbonyl (C=O) groups excluding carboxylic acids is 1. The zero-order valence-corrected chi connectivity index (χ0v) is 20.8. The van der Waals surface area contributed by atoms with Crippen molar-refractivity contribution in [1.82, 2.24) is 18.9 Å². The zero-order chi connectivity index (χ0) is 27.5. The maximum atomic E-state index is 13.6. The maximum Gasteiger partial charge on any atom is 0.387 e. The summed E-state index contributed by atoms with van der Waals surface area (Å²) in [5.74, 6) is -0.477. The Hall–Kier alpha value is -4.82. The van der Waals surface area contributed by atoms with Crippen LogP contribution in [0.2, 0.25) is 5.02 Å². The van der Waals surface area contributed by atoms with Crippen molar-refractivity contribution in [3.8, 4) is 22.9 Å². The normalized spacial score (nSPS) is 12.0. The van der Waals surface area contributed by atoms with Crippen molar-refractivity contribution < 1.29 is 22.7 Å². The van der Waals surface area contributed by atoms with Crippen LogP contribution in [0.1, 0.15) is 22.9 Å². The molecule has 0 radical (unpaired) electrons. The van der Waals surface area contributed by atoms with Crippen LogP contribution in [0.5, 0.6) is 5.75 Å². The van der Waals surface area contributed by atoms with Gasteiger partial charge in [-0.3, -0.25) is 9.59 Å². The molecular weight excluding hydrogens is 532 g/mol. The molecule has 39 heavy (non-hydrogen) atoms. The van der Waals surface area contributed by atoms with Gasteiger partial charge in [0, 0.05) is 53.6 Å². The van der Waals surface area contributed by atoms with Gasteiger partial charge < -0.3 is 18.1 Å². The van der Waals surface area contributed by atoms with Gasteiger partial charge >= 0.3 is 6.61 Å². The highest BCUT2D eigenvalue weighted by Crippen LogP contribution is 2.34. The number of benzene rings is 1. The molecule has 0 saturated carbocycles. The van der Waals surface area contributed by atoms with Gasteiger partial charge in [0.05, 0.1) is 24.0 Å². The summed E-state index contributed by atoms with van der Waals surface area (Å²) in [4.78, 5) is 35.0. The highest BCUT2D eigenvalue weighted by Gasteiger charge is 2.26. The summed E-state index contributed by atoms with van der Waals surface area (Å²) in [6.45, 7) is -3.25. The van der Waals surface area contributed by atoms with Crippen LogP contribution >= 0.6 is 11.6 Å². The number of rotatable bonds is 9. The lowest BCUT2D eigenvalue weighted by molar-refractivity contribution is -0.121. The van der Waals surface area contributed by atoms with E-state index < -0.39 is 24.0 Å². The first-order chi connectivity index (χ1) is 18.8. The summed E-state index contributed by atoms with van der Waals surface area (Å²) >= 11 is 6.08. The van der Waals surface area contributed by atoms with Crippen LogP contribution in [-0.2, 0) is 17.6 Å². The fraction of sp³-hybridized carbons (Fsp3) is 0.148. The number of Topliss-reactive ketones (excluding diaryl/α,β-unsaturated/α-hetero) is 1. The monoisotopic (exact) mass is 549 g/mol. The molecule has 0 N–H and O–H groups in total. The summed E-state index contributed by atoms with van der Waals surface area (Å²) in [5.41, 5.74) is 0.837. The van der Waals surface area contributed by atoms with Gasteiger partial charge in [0.15, 0.2) is 12.2 Å².